The summed E-state index contributed by atoms with van der Waals surface area (Å²) in [5.41, 5.74) is -0.298. The Bertz CT molecular complexity index is 640. The first kappa shape index (κ1) is 10.3. The van der Waals surface area contributed by atoms with E-state index in [0.717, 1.165) is 6.07 Å². The molecule has 0 amide bonds. The van der Waals surface area contributed by atoms with Gasteiger partial charge in [0.1, 0.15) is 0 Å². The number of hydrogen-bond donors (Lipinski definition) is 1. The third-order valence-electron chi connectivity index (χ3n) is 2.21. The molecule has 0 aliphatic carbocycles. The van der Waals surface area contributed by atoms with Gasteiger partial charge in [0.25, 0.3) is 6.43 Å². The Morgan fingerprint density at radius 2 is 2.06 bits per heavy atom. The number of H-pyrrole nitrogens is 1. The van der Waals surface area contributed by atoms with E-state index in [9.17, 15) is 13.6 Å². The number of aromatic nitrogens is 1. The molecule has 3 nitrogen and oxygen atoms in total. The number of nitriles is 1. The van der Waals surface area contributed by atoms with Crippen molar-refractivity contribution < 1.29 is 8.78 Å². The molecule has 2 aromatic rings. The fourth-order valence-corrected chi connectivity index (χ4v) is 1.45. The minimum absolute atomic E-state index is 0.239. The fourth-order valence-electron chi connectivity index (χ4n) is 1.45. The number of pyridine rings is 1. The first-order valence-corrected chi connectivity index (χ1v) is 4.47. The molecule has 1 N–H and O–H groups in total. The van der Waals surface area contributed by atoms with E-state index in [-0.39, 0.29) is 5.39 Å². The molecular formula is C11H6F2N2O. The number of benzene rings is 1. The Morgan fingerprint density at radius 1 is 1.31 bits per heavy atom. The maximum Gasteiger partial charge on any atom is 0.278 e. The summed E-state index contributed by atoms with van der Waals surface area (Å²) in [6.45, 7) is 0. The normalized spacial score (nSPS) is 10.6. The number of halogens is 2. The number of rotatable bonds is 1. The van der Waals surface area contributed by atoms with E-state index in [1.165, 1.54) is 18.2 Å². The van der Waals surface area contributed by atoms with E-state index in [1.807, 2.05) is 6.07 Å². The minimum atomic E-state index is -2.72. The second-order valence-corrected chi connectivity index (χ2v) is 3.26. The molecule has 0 radical (unpaired) electrons. The summed E-state index contributed by atoms with van der Waals surface area (Å²) in [7, 11) is 0. The highest BCUT2D eigenvalue weighted by Crippen LogP contribution is 2.18. The third-order valence-corrected chi connectivity index (χ3v) is 2.21. The molecule has 0 spiro atoms. The van der Waals surface area contributed by atoms with Gasteiger partial charge in [-0.3, -0.25) is 4.79 Å². The first-order valence-electron chi connectivity index (χ1n) is 4.47. The van der Waals surface area contributed by atoms with Gasteiger partial charge >= 0.3 is 0 Å². The highest BCUT2D eigenvalue weighted by molar-refractivity contribution is 5.80. The zero-order chi connectivity index (χ0) is 11.7. The van der Waals surface area contributed by atoms with E-state index < -0.39 is 17.5 Å². The van der Waals surface area contributed by atoms with Crippen molar-refractivity contribution in [1.82, 2.24) is 4.98 Å². The summed E-state index contributed by atoms with van der Waals surface area (Å²) < 4.78 is 24.8. The molecular weight excluding hydrogens is 214 g/mol. The highest BCUT2D eigenvalue weighted by atomic mass is 19.3. The molecule has 0 fully saturated rings. The Labute approximate surface area is 88.9 Å². The van der Waals surface area contributed by atoms with Crippen molar-refractivity contribution in [3.8, 4) is 6.07 Å². The summed E-state index contributed by atoms with van der Waals surface area (Å²) in [4.78, 5) is 14.0. The van der Waals surface area contributed by atoms with E-state index in [0.29, 0.717) is 11.1 Å². The van der Waals surface area contributed by atoms with Crippen molar-refractivity contribution in [2.75, 3.05) is 0 Å². The van der Waals surface area contributed by atoms with E-state index >= 15 is 0 Å². The molecule has 0 atom stereocenters. The van der Waals surface area contributed by atoms with E-state index in [2.05, 4.69) is 4.98 Å². The van der Waals surface area contributed by atoms with Gasteiger partial charge in [-0.2, -0.15) is 5.26 Å². The van der Waals surface area contributed by atoms with Crippen LogP contribution in [0.3, 0.4) is 0 Å². The molecule has 1 aromatic carbocycles. The molecule has 16 heavy (non-hydrogen) atoms. The van der Waals surface area contributed by atoms with Gasteiger partial charge in [-0.05, 0) is 18.2 Å². The molecule has 0 aliphatic heterocycles. The number of alkyl halides is 2. The lowest BCUT2D eigenvalue weighted by Crippen LogP contribution is -2.05. The molecule has 1 heterocycles. The standard InChI is InChI=1S/C11H6F2N2O/c12-11(13)9-4-10(16)7-3-6(5-14)1-2-8(7)15-9/h1-4,11H,(H,15,16). The van der Waals surface area contributed by atoms with Gasteiger partial charge in [-0.15, -0.1) is 0 Å². The van der Waals surface area contributed by atoms with Gasteiger partial charge in [0, 0.05) is 17.0 Å². The van der Waals surface area contributed by atoms with Crippen LogP contribution in [-0.4, -0.2) is 4.98 Å². The zero-order valence-electron chi connectivity index (χ0n) is 8.00. The highest BCUT2D eigenvalue weighted by Gasteiger charge is 2.10. The van der Waals surface area contributed by atoms with E-state index in [4.69, 9.17) is 5.26 Å². The van der Waals surface area contributed by atoms with Crippen LogP contribution in [0.2, 0.25) is 0 Å². The van der Waals surface area contributed by atoms with Crippen LogP contribution in [0.25, 0.3) is 10.9 Å². The lowest BCUT2D eigenvalue weighted by molar-refractivity contribution is 0.146. The van der Waals surface area contributed by atoms with Crippen LogP contribution in [-0.2, 0) is 0 Å². The third kappa shape index (κ3) is 1.65. The molecule has 80 valence electrons. The molecule has 0 unspecified atom stereocenters. The molecule has 0 saturated carbocycles. The Balaban J connectivity index is 2.78. The van der Waals surface area contributed by atoms with Crippen molar-refractivity contribution >= 4 is 10.9 Å². The number of fused-ring (bicyclic) bond motifs is 1. The zero-order valence-corrected chi connectivity index (χ0v) is 8.00. The monoisotopic (exact) mass is 220 g/mol. The van der Waals surface area contributed by atoms with Gasteiger partial charge in [-0.25, -0.2) is 8.78 Å². The maximum atomic E-state index is 12.4. The minimum Gasteiger partial charge on any atom is -0.354 e. The Morgan fingerprint density at radius 3 is 2.69 bits per heavy atom. The van der Waals surface area contributed by atoms with E-state index in [1.54, 1.807) is 0 Å². The number of aromatic amines is 1. The van der Waals surface area contributed by atoms with Crippen LogP contribution in [0.1, 0.15) is 17.7 Å². The SMILES string of the molecule is N#Cc1ccc2[nH]c(C(F)F)cc(=O)c2c1. The number of nitrogens with one attached hydrogen (secondary N) is 1. The quantitative estimate of drug-likeness (QED) is 0.801. The average molecular weight is 220 g/mol. The number of nitrogens with zero attached hydrogens (tertiary/aromatic N) is 1. The van der Waals surface area contributed by atoms with Gasteiger partial charge in [0.15, 0.2) is 5.43 Å². The predicted molar refractivity (Wildman–Crippen MR) is 54.2 cm³/mol. The Hall–Kier alpha value is -2.22. The summed E-state index contributed by atoms with van der Waals surface area (Å²) >= 11 is 0. The second-order valence-electron chi connectivity index (χ2n) is 3.26. The summed E-state index contributed by atoms with van der Waals surface area (Å²) in [6, 6.07) is 7.03. The van der Waals surface area contributed by atoms with Crippen LogP contribution in [0.5, 0.6) is 0 Å². The van der Waals surface area contributed by atoms with Crippen LogP contribution in [0.15, 0.2) is 29.1 Å². The van der Waals surface area contributed by atoms with Gasteiger partial charge < -0.3 is 4.98 Å². The molecule has 2 rings (SSSR count). The topological polar surface area (TPSA) is 56.6 Å². The molecule has 5 heteroatoms. The maximum absolute atomic E-state index is 12.4. The molecule has 0 bridgehead atoms. The average Bonchev–Trinajstić information content (AvgIpc) is 2.28. The first-order chi connectivity index (χ1) is 7.61. The summed E-state index contributed by atoms with van der Waals surface area (Å²) in [5.74, 6) is 0. The fraction of sp³-hybridized carbons (Fsp3) is 0.0909. The van der Waals surface area contributed by atoms with Crippen molar-refractivity contribution in [3.63, 3.8) is 0 Å². The predicted octanol–water partition coefficient (Wildman–Crippen LogP) is 2.34. The number of hydrogen-bond acceptors (Lipinski definition) is 2. The van der Waals surface area contributed by atoms with Crippen molar-refractivity contribution in [2.24, 2.45) is 0 Å². The van der Waals surface area contributed by atoms with Gasteiger partial charge in [-0.1, -0.05) is 0 Å². The van der Waals surface area contributed by atoms with Crippen LogP contribution in [0.4, 0.5) is 8.78 Å². The van der Waals surface area contributed by atoms with Crippen molar-refractivity contribution in [2.45, 2.75) is 6.43 Å². The van der Waals surface area contributed by atoms with Crippen molar-refractivity contribution in [1.29, 1.82) is 5.26 Å². The largest absolute Gasteiger partial charge is 0.354 e. The molecule has 0 saturated heterocycles. The molecule has 1 aromatic heterocycles. The lowest BCUT2D eigenvalue weighted by atomic mass is 10.1. The summed E-state index contributed by atoms with van der Waals surface area (Å²) in [5, 5.41) is 8.89. The smallest absolute Gasteiger partial charge is 0.278 e. The van der Waals surface area contributed by atoms with Crippen LogP contribution < -0.4 is 5.43 Å². The van der Waals surface area contributed by atoms with Crippen LogP contribution >= 0.6 is 0 Å². The summed E-state index contributed by atoms with van der Waals surface area (Å²) in [6.07, 6.45) is -2.72. The van der Waals surface area contributed by atoms with Crippen LogP contribution in [0, 0.1) is 11.3 Å². The van der Waals surface area contributed by atoms with Crippen molar-refractivity contribution in [3.05, 3.63) is 45.7 Å². The second kappa shape index (κ2) is 3.74. The molecule has 0 aliphatic rings. The van der Waals surface area contributed by atoms with Gasteiger partial charge in [0.2, 0.25) is 0 Å². The lowest BCUT2D eigenvalue weighted by Gasteiger charge is -2.03. The van der Waals surface area contributed by atoms with Gasteiger partial charge in [0.05, 0.1) is 17.3 Å². The Kier molecular flexibility index (Phi) is 2.41.